The van der Waals surface area contributed by atoms with Crippen molar-refractivity contribution in [1.82, 2.24) is 4.98 Å². The van der Waals surface area contributed by atoms with Gasteiger partial charge in [0.25, 0.3) is 0 Å². The van der Waals surface area contributed by atoms with Gasteiger partial charge in [-0.2, -0.15) is 10.5 Å². The number of aromatic nitrogens is 1. The fourth-order valence-corrected chi connectivity index (χ4v) is 2.58. The van der Waals surface area contributed by atoms with E-state index in [1.165, 1.54) is 0 Å². The quantitative estimate of drug-likeness (QED) is 0.773. The number of aliphatic hydroxyl groups is 2. The third-order valence-electron chi connectivity index (χ3n) is 3.37. The average molecular weight is 293 g/mol. The normalized spacial score (nSPS) is 21.6. The molecule has 0 aliphatic carbocycles. The van der Waals surface area contributed by atoms with Crippen molar-refractivity contribution in [3.8, 4) is 12.1 Å². The molecule has 0 bridgehead atoms. The minimum atomic E-state index is -0.886. The van der Waals surface area contributed by atoms with Gasteiger partial charge >= 0.3 is 0 Å². The highest BCUT2D eigenvalue weighted by Crippen LogP contribution is 2.31. The van der Waals surface area contributed by atoms with Crippen molar-refractivity contribution in [2.24, 2.45) is 0 Å². The molecule has 1 fully saturated rings. The first-order valence-corrected chi connectivity index (χ1v) is 6.54. The van der Waals surface area contributed by atoms with E-state index < -0.39 is 12.2 Å². The summed E-state index contributed by atoms with van der Waals surface area (Å²) >= 11 is 6.00. The molecular weight excluding hydrogens is 280 g/mol. The van der Waals surface area contributed by atoms with Crippen LogP contribution < -0.4 is 4.90 Å². The zero-order chi connectivity index (χ0) is 14.9. The molecule has 2 N–H and O–H groups in total. The maximum Gasteiger partial charge on any atom is 0.149 e. The second kappa shape index (κ2) is 5.64. The monoisotopic (exact) mass is 292 g/mol. The lowest BCUT2D eigenvalue weighted by atomic mass is 10.0. The SMILES string of the molecule is CCc1c(C#N)c(Cl)nc(N2CC(O)C(O)C2)c1C#N. The van der Waals surface area contributed by atoms with Crippen LogP contribution in [0.4, 0.5) is 5.82 Å². The Bertz CT molecular complexity index is 610. The molecule has 2 atom stereocenters. The molecule has 2 heterocycles. The first-order valence-electron chi connectivity index (χ1n) is 6.17. The van der Waals surface area contributed by atoms with Gasteiger partial charge in [-0.15, -0.1) is 0 Å². The van der Waals surface area contributed by atoms with Crippen LogP contribution in [-0.2, 0) is 6.42 Å². The van der Waals surface area contributed by atoms with Crippen molar-refractivity contribution in [2.75, 3.05) is 18.0 Å². The molecule has 20 heavy (non-hydrogen) atoms. The molecule has 104 valence electrons. The van der Waals surface area contributed by atoms with Crippen LogP contribution in [0.3, 0.4) is 0 Å². The first-order chi connectivity index (χ1) is 9.53. The number of aliphatic hydroxyl groups excluding tert-OH is 2. The van der Waals surface area contributed by atoms with Crippen molar-refractivity contribution in [3.63, 3.8) is 0 Å². The minimum absolute atomic E-state index is 0.0363. The first kappa shape index (κ1) is 14.5. The number of pyridine rings is 1. The summed E-state index contributed by atoms with van der Waals surface area (Å²) in [5, 5.41) is 37.7. The third kappa shape index (κ3) is 2.30. The van der Waals surface area contributed by atoms with Gasteiger partial charge in [0.05, 0.1) is 23.3 Å². The second-order valence-electron chi connectivity index (χ2n) is 4.57. The molecule has 7 heteroatoms. The summed E-state index contributed by atoms with van der Waals surface area (Å²) in [6, 6.07) is 4.01. The summed E-state index contributed by atoms with van der Waals surface area (Å²) in [5.74, 6) is 0.309. The van der Waals surface area contributed by atoms with Crippen LogP contribution in [-0.4, -0.2) is 40.5 Å². The maximum atomic E-state index is 9.60. The number of anilines is 1. The second-order valence-corrected chi connectivity index (χ2v) is 4.93. The van der Waals surface area contributed by atoms with Gasteiger partial charge in [0, 0.05) is 13.1 Å². The van der Waals surface area contributed by atoms with Crippen molar-refractivity contribution < 1.29 is 10.2 Å². The Morgan fingerprint density at radius 3 is 2.25 bits per heavy atom. The standard InChI is InChI=1S/C13H13ClN4O2/c1-2-7-8(3-15)12(14)17-13(9(7)4-16)18-5-10(19)11(20)6-18/h10-11,19-20H,2,5-6H2,1H3. The Kier molecular flexibility index (Phi) is 4.10. The highest BCUT2D eigenvalue weighted by Gasteiger charge is 2.33. The Labute approximate surface area is 121 Å². The molecule has 1 aromatic heterocycles. The third-order valence-corrected chi connectivity index (χ3v) is 3.65. The maximum absolute atomic E-state index is 9.60. The smallest absolute Gasteiger partial charge is 0.149 e. The fourth-order valence-electron chi connectivity index (χ4n) is 2.35. The lowest BCUT2D eigenvalue weighted by molar-refractivity contribution is 0.0572. The fraction of sp³-hybridized carbons (Fsp3) is 0.462. The van der Waals surface area contributed by atoms with Crippen LogP contribution in [0.2, 0.25) is 5.15 Å². The van der Waals surface area contributed by atoms with E-state index in [9.17, 15) is 15.5 Å². The molecule has 0 saturated carbocycles. The lowest BCUT2D eigenvalue weighted by Crippen LogP contribution is -2.24. The van der Waals surface area contributed by atoms with Gasteiger partial charge in [-0.25, -0.2) is 4.98 Å². The number of halogens is 1. The highest BCUT2D eigenvalue weighted by molar-refractivity contribution is 6.30. The molecule has 0 radical (unpaired) electrons. The summed E-state index contributed by atoms with van der Waals surface area (Å²) in [4.78, 5) is 5.71. The number of β-amino-alcohol motifs (C(OH)–C–C–N with tert-alkyl or cyclic N) is 2. The predicted octanol–water partition coefficient (Wildman–Crippen LogP) is 0.583. The summed E-state index contributed by atoms with van der Waals surface area (Å²) < 4.78 is 0. The molecule has 6 nitrogen and oxygen atoms in total. The molecule has 1 aliphatic heterocycles. The van der Waals surface area contributed by atoms with Gasteiger partial charge in [0.2, 0.25) is 0 Å². The van der Waals surface area contributed by atoms with Crippen LogP contribution in [0.15, 0.2) is 0 Å². The van der Waals surface area contributed by atoms with E-state index >= 15 is 0 Å². The van der Waals surface area contributed by atoms with Gasteiger partial charge in [-0.1, -0.05) is 18.5 Å². The van der Waals surface area contributed by atoms with E-state index in [1.807, 2.05) is 19.1 Å². The molecule has 0 aromatic carbocycles. The van der Waals surface area contributed by atoms with Crippen LogP contribution in [0.5, 0.6) is 0 Å². The average Bonchev–Trinajstić information content (AvgIpc) is 2.77. The van der Waals surface area contributed by atoms with Gasteiger partial charge in [-0.05, 0) is 12.0 Å². The van der Waals surface area contributed by atoms with Crippen LogP contribution in [0.25, 0.3) is 0 Å². The Balaban J connectivity index is 2.58. The minimum Gasteiger partial charge on any atom is -0.389 e. The van der Waals surface area contributed by atoms with Crippen molar-refractivity contribution in [3.05, 3.63) is 21.8 Å². The number of nitrogens with zero attached hydrogens (tertiary/aromatic N) is 4. The van der Waals surface area contributed by atoms with E-state index in [2.05, 4.69) is 4.98 Å². The molecule has 1 aromatic rings. The predicted molar refractivity (Wildman–Crippen MR) is 72.3 cm³/mol. The van der Waals surface area contributed by atoms with E-state index in [0.717, 1.165) is 0 Å². The van der Waals surface area contributed by atoms with E-state index in [-0.39, 0.29) is 29.4 Å². The summed E-state index contributed by atoms with van der Waals surface area (Å²) in [6.07, 6.45) is -1.30. The Morgan fingerprint density at radius 2 is 1.80 bits per heavy atom. The lowest BCUT2D eigenvalue weighted by Gasteiger charge is -2.20. The molecule has 2 rings (SSSR count). The topological polar surface area (TPSA) is 104 Å². The number of hydrogen-bond donors (Lipinski definition) is 2. The largest absolute Gasteiger partial charge is 0.389 e. The van der Waals surface area contributed by atoms with E-state index in [0.29, 0.717) is 17.8 Å². The van der Waals surface area contributed by atoms with Gasteiger partial charge < -0.3 is 15.1 Å². The molecule has 0 amide bonds. The van der Waals surface area contributed by atoms with Crippen molar-refractivity contribution in [2.45, 2.75) is 25.6 Å². The summed E-state index contributed by atoms with van der Waals surface area (Å²) in [7, 11) is 0. The highest BCUT2D eigenvalue weighted by atomic mass is 35.5. The number of hydrogen-bond acceptors (Lipinski definition) is 6. The van der Waals surface area contributed by atoms with Crippen molar-refractivity contribution in [1.29, 1.82) is 10.5 Å². The Hall–Kier alpha value is -1.86. The van der Waals surface area contributed by atoms with E-state index in [4.69, 9.17) is 16.9 Å². The van der Waals surface area contributed by atoms with Crippen LogP contribution >= 0.6 is 11.6 Å². The van der Waals surface area contributed by atoms with Crippen LogP contribution in [0, 0.1) is 22.7 Å². The summed E-state index contributed by atoms with van der Waals surface area (Å²) in [5.41, 5.74) is 1.02. The van der Waals surface area contributed by atoms with Gasteiger partial charge in [-0.3, -0.25) is 0 Å². The number of nitriles is 2. The summed E-state index contributed by atoms with van der Waals surface area (Å²) in [6.45, 7) is 2.17. The molecule has 1 saturated heterocycles. The number of rotatable bonds is 2. The molecule has 2 unspecified atom stereocenters. The van der Waals surface area contributed by atoms with E-state index in [1.54, 1.807) is 4.90 Å². The molecule has 1 aliphatic rings. The Morgan fingerprint density at radius 1 is 1.25 bits per heavy atom. The van der Waals surface area contributed by atoms with Crippen LogP contribution in [0.1, 0.15) is 23.6 Å². The van der Waals surface area contributed by atoms with Gasteiger partial charge in [0.15, 0.2) is 0 Å². The zero-order valence-corrected chi connectivity index (χ0v) is 11.6. The van der Waals surface area contributed by atoms with Gasteiger partial charge in [0.1, 0.15) is 23.1 Å². The zero-order valence-electron chi connectivity index (χ0n) is 10.8. The van der Waals surface area contributed by atoms with Crippen molar-refractivity contribution >= 4 is 17.4 Å². The molecular formula is C13H13ClN4O2. The molecule has 0 spiro atoms.